The van der Waals surface area contributed by atoms with Crippen molar-refractivity contribution in [1.82, 2.24) is 5.32 Å². The van der Waals surface area contributed by atoms with Gasteiger partial charge in [0.2, 0.25) is 0 Å². The fourth-order valence-electron chi connectivity index (χ4n) is 3.74. The Morgan fingerprint density at radius 3 is 2.37 bits per heavy atom. The van der Waals surface area contributed by atoms with Crippen molar-refractivity contribution in [3.8, 4) is 0 Å². The lowest BCUT2D eigenvalue weighted by molar-refractivity contribution is 0.195. The van der Waals surface area contributed by atoms with E-state index >= 15 is 0 Å². The first-order valence-electron chi connectivity index (χ1n) is 7.95. The van der Waals surface area contributed by atoms with E-state index in [0.29, 0.717) is 11.5 Å². The monoisotopic (exact) mass is 257 g/mol. The van der Waals surface area contributed by atoms with Gasteiger partial charge in [0.1, 0.15) is 0 Å². The molecular weight excluding hydrogens is 230 g/mol. The first kappa shape index (κ1) is 13.2. The Morgan fingerprint density at radius 1 is 0.947 bits per heavy atom. The highest BCUT2D eigenvalue weighted by Crippen LogP contribution is 2.35. The highest BCUT2D eigenvalue weighted by atomic mass is 15.0. The molecule has 3 rings (SSSR count). The van der Waals surface area contributed by atoms with Crippen LogP contribution >= 0.6 is 0 Å². The Labute approximate surface area is 117 Å². The molecule has 1 N–H and O–H groups in total. The van der Waals surface area contributed by atoms with Crippen molar-refractivity contribution in [2.24, 2.45) is 5.41 Å². The van der Waals surface area contributed by atoms with E-state index in [0.717, 1.165) is 6.04 Å². The van der Waals surface area contributed by atoms with Gasteiger partial charge in [0, 0.05) is 12.1 Å². The SMILES string of the molecule is CC1(C)CCC(NC2CCc3ccccc3C2)CC1. The second-order valence-electron chi connectivity index (χ2n) is 7.31. The number of fused-ring (bicyclic) bond motifs is 1. The lowest BCUT2D eigenvalue weighted by atomic mass is 9.75. The molecule has 1 saturated carbocycles. The summed E-state index contributed by atoms with van der Waals surface area (Å²) in [4.78, 5) is 0. The molecule has 104 valence electrons. The Morgan fingerprint density at radius 2 is 1.63 bits per heavy atom. The van der Waals surface area contributed by atoms with Gasteiger partial charge in [-0.15, -0.1) is 0 Å². The van der Waals surface area contributed by atoms with Gasteiger partial charge in [-0.25, -0.2) is 0 Å². The van der Waals surface area contributed by atoms with Crippen LogP contribution in [0.15, 0.2) is 24.3 Å². The predicted molar refractivity (Wildman–Crippen MR) is 81.4 cm³/mol. The van der Waals surface area contributed by atoms with Crippen molar-refractivity contribution < 1.29 is 0 Å². The van der Waals surface area contributed by atoms with Crippen molar-refractivity contribution in [2.75, 3.05) is 0 Å². The predicted octanol–water partition coefficient (Wildman–Crippen LogP) is 4.10. The van der Waals surface area contributed by atoms with Gasteiger partial charge in [-0.1, -0.05) is 38.1 Å². The van der Waals surface area contributed by atoms with E-state index in [2.05, 4.69) is 43.4 Å². The molecule has 1 unspecified atom stereocenters. The van der Waals surface area contributed by atoms with Crippen molar-refractivity contribution in [2.45, 2.75) is 70.9 Å². The number of hydrogen-bond donors (Lipinski definition) is 1. The van der Waals surface area contributed by atoms with Crippen LogP contribution in [0, 0.1) is 5.41 Å². The van der Waals surface area contributed by atoms with Gasteiger partial charge in [0.25, 0.3) is 0 Å². The molecule has 2 aliphatic rings. The Balaban J connectivity index is 1.55. The zero-order chi connectivity index (χ0) is 13.3. The average Bonchev–Trinajstić information content (AvgIpc) is 2.41. The Bertz CT molecular complexity index is 425. The molecule has 1 nitrogen and oxygen atoms in total. The van der Waals surface area contributed by atoms with Crippen LogP contribution in [0.25, 0.3) is 0 Å². The van der Waals surface area contributed by atoms with E-state index in [1.54, 1.807) is 11.1 Å². The van der Waals surface area contributed by atoms with E-state index < -0.39 is 0 Å². The lowest BCUT2D eigenvalue weighted by Crippen LogP contribution is -2.44. The third-order valence-corrected chi connectivity index (χ3v) is 5.16. The molecule has 1 aromatic carbocycles. The molecule has 0 spiro atoms. The fraction of sp³-hybridized carbons (Fsp3) is 0.667. The zero-order valence-electron chi connectivity index (χ0n) is 12.4. The van der Waals surface area contributed by atoms with Crippen LogP contribution in [-0.2, 0) is 12.8 Å². The summed E-state index contributed by atoms with van der Waals surface area (Å²) in [7, 11) is 0. The summed E-state index contributed by atoms with van der Waals surface area (Å²) in [5.74, 6) is 0. The molecule has 0 aromatic heterocycles. The number of rotatable bonds is 2. The molecule has 0 radical (unpaired) electrons. The van der Waals surface area contributed by atoms with Crippen LogP contribution in [0.1, 0.15) is 57.1 Å². The van der Waals surface area contributed by atoms with Crippen LogP contribution in [0.3, 0.4) is 0 Å². The van der Waals surface area contributed by atoms with Crippen LogP contribution in [0.5, 0.6) is 0 Å². The molecule has 2 aliphatic carbocycles. The maximum atomic E-state index is 3.94. The summed E-state index contributed by atoms with van der Waals surface area (Å²) in [6.45, 7) is 4.83. The van der Waals surface area contributed by atoms with Gasteiger partial charge >= 0.3 is 0 Å². The van der Waals surface area contributed by atoms with E-state index in [1.165, 1.54) is 44.9 Å². The average molecular weight is 257 g/mol. The topological polar surface area (TPSA) is 12.0 Å². The summed E-state index contributed by atoms with van der Waals surface area (Å²) >= 11 is 0. The van der Waals surface area contributed by atoms with Crippen LogP contribution in [0.2, 0.25) is 0 Å². The smallest absolute Gasteiger partial charge is 0.0113 e. The van der Waals surface area contributed by atoms with Crippen LogP contribution in [-0.4, -0.2) is 12.1 Å². The maximum absolute atomic E-state index is 3.94. The largest absolute Gasteiger partial charge is 0.311 e. The molecule has 1 heteroatoms. The van der Waals surface area contributed by atoms with Gasteiger partial charge in [-0.2, -0.15) is 0 Å². The summed E-state index contributed by atoms with van der Waals surface area (Å²) in [6.07, 6.45) is 9.30. The highest BCUT2D eigenvalue weighted by Gasteiger charge is 2.28. The third kappa shape index (κ3) is 3.20. The summed E-state index contributed by atoms with van der Waals surface area (Å²) in [5, 5.41) is 3.94. The van der Waals surface area contributed by atoms with Gasteiger partial charge in [0.15, 0.2) is 0 Å². The number of nitrogens with one attached hydrogen (secondary N) is 1. The molecule has 19 heavy (non-hydrogen) atoms. The molecule has 0 bridgehead atoms. The molecule has 0 saturated heterocycles. The first-order chi connectivity index (χ1) is 9.12. The molecule has 1 aromatic rings. The second kappa shape index (κ2) is 5.28. The van der Waals surface area contributed by atoms with Crippen LogP contribution in [0.4, 0.5) is 0 Å². The first-order valence-corrected chi connectivity index (χ1v) is 7.95. The summed E-state index contributed by atoms with van der Waals surface area (Å²) in [6, 6.07) is 10.5. The zero-order valence-corrected chi connectivity index (χ0v) is 12.4. The Hall–Kier alpha value is -0.820. The fourth-order valence-corrected chi connectivity index (χ4v) is 3.74. The van der Waals surface area contributed by atoms with Crippen molar-refractivity contribution in [3.05, 3.63) is 35.4 Å². The standard InChI is InChI=1S/C18H27N/c1-18(2)11-9-16(10-12-18)19-17-8-7-14-5-3-4-6-15(14)13-17/h3-6,16-17,19H,7-13H2,1-2H3. The number of hydrogen-bond acceptors (Lipinski definition) is 1. The summed E-state index contributed by atoms with van der Waals surface area (Å²) in [5.41, 5.74) is 3.73. The van der Waals surface area contributed by atoms with Gasteiger partial charge in [0.05, 0.1) is 0 Å². The van der Waals surface area contributed by atoms with Gasteiger partial charge in [-0.05, 0) is 61.5 Å². The number of aryl methyl sites for hydroxylation is 1. The normalized spacial score (nSPS) is 26.9. The minimum atomic E-state index is 0.581. The van der Waals surface area contributed by atoms with Crippen molar-refractivity contribution in [3.63, 3.8) is 0 Å². The Kier molecular flexibility index (Phi) is 3.66. The van der Waals surface area contributed by atoms with Gasteiger partial charge < -0.3 is 5.32 Å². The van der Waals surface area contributed by atoms with Gasteiger partial charge in [-0.3, -0.25) is 0 Å². The summed E-state index contributed by atoms with van der Waals surface area (Å²) < 4.78 is 0. The molecule has 0 amide bonds. The molecular formula is C18H27N. The highest BCUT2D eigenvalue weighted by molar-refractivity contribution is 5.30. The second-order valence-corrected chi connectivity index (χ2v) is 7.31. The molecule has 0 heterocycles. The van der Waals surface area contributed by atoms with E-state index in [4.69, 9.17) is 0 Å². The van der Waals surface area contributed by atoms with Crippen molar-refractivity contribution >= 4 is 0 Å². The molecule has 1 fully saturated rings. The van der Waals surface area contributed by atoms with E-state index in [9.17, 15) is 0 Å². The van der Waals surface area contributed by atoms with Crippen molar-refractivity contribution in [1.29, 1.82) is 0 Å². The molecule has 0 aliphatic heterocycles. The molecule has 1 atom stereocenters. The van der Waals surface area contributed by atoms with Crippen LogP contribution < -0.4 is 5.32 Å². The minimum Gasteiger partial charge on any atom is -0.311 e. The third-order valence-electron chi connectivity index (χ3n) is 5.16. The minimum absolute atomic E-state index is 0.581. The van der Waals surface area contributed by atoms with E-state index in [-0.39, 0.29) is 0 Å². The lowest BCUT2D eigenvalue weighted by Gasteiger charge is -2.37. The maximum Gasteiger partial charge on any atom is 0.0113 e. The number of benzene rings is 1. The quantitative estimate of drug-likeness (QED) is 0.841. The van der Waals surface area contributed by atoms with E-state index in [1.807, 2.05) is 0 Å².